The fourth-order valence-electron chi connectivity index (χ4n) is 6.34. The summed E-state index contributed by atoms with van der Waals surface area (Å²) < 4.78 is 17.8. The molecule has 3 saturated heterocycles. The maximum Gasteiger partial charge on any atom is 0.308 e. The SMILES string of the molecule is COc1ccc([S+](C)[O-])cc1CN[C@H]1[C@H]2CCN(C[C@@H]2C(=O)O)[C@H]1C(c1ccccc1)c1ccccc1. The molecule has 6 nitrogen and oxygen atoms in total. The number of methoxy groups -OCH3 is 1. The molecule has 3 aromatic carbocycles. The van der Waals surface area contributed by atoms with E-state index < -0.39 is 23.1 Å². The lowest BCUT2D eigenvalue weighted by Gasteiger charge is -2.56. The van der Waals surface area contributed by atoms with Crippen LogP contribution >= 0.6 is 0 Å². The first-order chi connectivity index (χ1) is 18.0. The molecule has 37 heavy (non-hydrogen) atoms. The standard InChI is InChI=1S/C30H34N2O4S/c1-36-26-14-13-23(37(2)35)17-22(26)18-31-28-24-15-16-32(19-25(24)30(33)34)29(28)27(20-9-5-3-6-10-20)21-11-7-4-8-12-21/h3-14,17,24-25,27-29,31H,15-16,18-19H2,1-2H3,(H,33,34)/t24-,25-,28-,29-,37?/m0/s1. The molecule has 3 heterocycles. The van der Waals surface area contributed by atoms with E-state index >= 15 is 0 Å². The van der Waals surface area contributed by atoms with Crippen molar-refractivity contribution in [3.8, 4) is 5.75 Å². The molecule has 3 aromatic rings. The highest BCUT2D eigenvalue weighted by atomic mass is 32.2. The van der Waals surface area contributed by atoms with Crippen molar-refractivity contribution >= 4 is 17.1 Å². The Morgan fingerprint density at radius 2 is 1.76 bits per heavy atom. The minimum absolute atomic E-state index is 0.0110. The number of rotatable bonds is 9. The lowest BCUT2D eigenvalue weighted by molar-refractivity contribution is -0.152. The summed E-state index contributed by atoms with van der Waals surface area (Å²) in [5.41, 5.74) is 3.38. The zero-order valence-electron chi connectivity index (χ0n) is 21.2. The molecule has 194 valence electrons. The van der Waals surface area contributed by atoms with Crippen LogP contribution in [0.1, 0.15) is 29.0 Å². The second-order valence-electron chi connectivity index (χ2n) is 10.0. The molecule has 2 bridgehead atoms. The number of carbonyl (C=O) groups is 1. The van der Waals surface area contributed by atoms with Gasteiger partial charge >= 0.3 is 5.97 Å². The molecule has 3 aliphatic heterocycles. The van der Waals surface area contributed by atoms with E-state index in [0.717, 1.165) is 29.2 Å². The van der Waals surface area contributed by atoms with Gasteiger partial charge < -0.3 is 19.7 Å². The van der Waals surface area contributed by atoms with Crippen LogP contribution in [0.5, 0.6) is 5.75 Å². The summed E-state index contributed by atoms with van der Waals surface area (Å²) in [5, 5.41) is 13.9. The fraction of sp³-hybridized carbons (Fsp3) is 0.367. The summed E-state index contributed by atoms with van der Waals surface area (Å²) >= 11 is -1.10. The second kappa shape index (κ2) is 11.3. The maximum atomic E-state index is 12.3. The lowest BCUT2D eigenvalue weighted by atomic mass is 9.66. The van der Waals surface area contributed by atoms with Gasteiger partial charge in [-0.1, -0.05) is 60.7 Å². The van der Waals surface area contributed by atoms with Crippen LogP contribution in [0, 0.1) is 11.8 Å². The summed E-state index contributed by atoms with van der Waals surface area (Å²) in [5.74, 6) is -0.300. The number of aliphatic carboxylic acids is 1. The van der Waals surface area contributed by atoms with E-state index in [2.05, 4.69) is 58.7 Å². The number of nitrogens with one attached hydrogen (secondary N) is 1. The van der Waals surface area contributed by atoms with E-state index in [4.69, 9.17) is 4.74 Å². The first-order valence-corrected chi connectivity index (χ1v) is 14.3. The van der Waals surface area contributed by atoms with Gasteiger partial charge in [-0.25, -0.2) is 0 Å². The van der Waals surface area contributed by atoms with Gasteiger partial charge in [-0.05, 0) is 53.3 Å². The van der Waals surface area contributed by atoms with Crippen LogP contribution in [0.25, 0.3) is 0 Å². The van der Waals surface area contributed by atoms with Gasteiger partial charge in [-0.2, -0.15) is 0 Å². The molecule has 0 aliphatic carbocycles. The third-order valence-corrected chi connectivity index (χ3v) is 8.95. The molecule has 6 atom stereocenters. The van der Waals surface area contributed by atoms with Gasteiger partial charge in [0.1, 0.15) is 12.0 Å². The molecule has 0 saturated carbocycles. The summed E-state index contributed by atoms with van der Waals surface area (Å²) in [6, 6.07) is 26.7. The predicted molar refractivity (Wildman–Crippen MR) is 145 cm³/mol. The molecule has 2 unspecified atom stereocenters. The van der Waals surface area contributed by atoms with Gasteiger partial charge in [0.15, 0.2) is 4.90 Å². The molecular weight excluding hydrogens is 484 g/mol. The maximum absolute atomic E-state index is 12.3. The number of carboxylic acid groups (broad SMARTS) is 1. The number of ether oxygens (including phenoxy) is 1. The van der Waals surface area contributed by atoms with Crippen molar-refractivity contribution in [2.45, 2.75) is 35.9 Å². The van der Waals surface area contributed by atoms with E-state index in [0.29, 0.717) is 13.1 Å². The minimum atomic E-state index is -1.10. The predicted octanol–water partition coefficient (Wildman–Crippen LogP) is 4.13. The van der Waals surface area contributed by atoms with Crippen LogP contribution in [-0.4, -0.2) is 59.1 Å². The first-order valence-electron chi connectivity index (χ1n) is 12.8. The number of hydrogen-bond acceptors (Lipinski definition) is 5. The van der Waals surface area contributed by atoms with Crippen LogP contribution in [0.2, 0.25) is 0 Å². The topological polar surface area (TPSA) is 84.9 Å². The average Bonchev–Trinajstić information content (AvgIpc) is 2.93. The van der Waals surface area contributed by atoms with Crippen molar-refractivity contribution in [1.29, 1.82) is 0 Å². The van der Waals surface area contributed by atoms with Crippen molar-refractivity contribution in [2.24, 2.45) is 11.8 Å². The second-order valence-corrected chi connectivity index (χ2v) is 11.4. The Bertz CT molecular complexity index is 1170. The molecule has 0 aromatic heterocycles. The Labute approximate surface area is 221 Å². The quantitative estimate of drug-likeness (QED) is 0.415. The minimum Gasteiger partial charge on any atom is -0.612 e. The van der Waals surface area contributed by atoms with E-state index in [-0.39, 0.29) is 23.9 Å². The van der Waals surface area contributed by atoms with Crippen molar-refractivity contribution in [3.63, 3.8) is 0 Å². The highest BCUT2D eigenvalue weighted by molar-refractivity contribution is 7.90. The Morgan fingerprint density at radius 1 is 1.11 bits per heavy atom. The summed E-state index contributed by atoms with van der Waals surface area (Å²) in [4.78, 5) is 15.4. The van der Waals surface area contributed by atoms with Crippen molar-refractivity contribution in [2.75, 3.05) is 26.5 Å². The molecule has 0 spiro atoms. The van der Waals surface area contributed by atoms with Gasteiger partial charge in [-0.15, -0.1) is 0 Å². The number of hydrogen-bond donors (Lipinski definition) is 2. The highest BCUT2D eigenvalue weighted by Gasteiger charge is 2.52. The Morgan fingerprint density at radius 3 is 2.32 bits per heavy atom. The highest BCUT2D eigenvalue weighted by Crippen LogP contribution is 2.44. The first kappa shape index (κ1) is 25.8. The van der Waals surface area contributed by atoms with E-state index in [9.17, 15) is 14.5 Å². The van der Waals surface area contributed by atoms with Gasteiger partial charge in [0.05, 0.1) is 13.0 Å². The zero-order chi connectivity index (χ0) is 25.9. The van der Waals surface area contributed by atoms with Gasteiger partial charge in [0.2, 0.25) is 0 Å². The monoisotopic (exact) mass is 518 g/mol. The molecule has 2 N–H and O–H groups in total. The normalized spacial score (nSPS) is 25.7. The molecular formula is C30H34N2O4S. The Kier molecular flexibility index (Phi) is 7.86. The smallest absolute Gasteiger partial charge is 0.308 e. The van der Waals surface area contributed by atoms with Gasteiger partial charge in [0, 0.05) is 42.7 Å². The number of piperidine rings is 3. The lowest BCUT2D eigenvalue weighted by Crippen LogP contribution is -2.68. The summed E-state index contributed by atoms with van der Waals surface area (Å²) in [6.45, 7) is 1.95. The molecule has 7 heteroatoms. The number of benzene rings is 3. The number of carboxylic acids is 1. The van der Waals surface area contributed by atoms with Crippen LogP contribution in [0.4, 0.5) is 0 Å². The van der Waals surface area contributed by atoms with Crippen LogP contribution in [0.15, 0.2) is 83.8 Å². The van der Waals surface area contributed by atoms with Crippen LogP contribution < -0.4 is 10.1 Å². The number of nitrogens with zero attached hydrogens (tertiary/aromatic N) is 1. The average molecular weight is 519 g/mol. The fourth-order valence-corrected chi connectivity index (χ4v) is 6.90. The molecule has 0 radical (unpaired) electrons. The molecule has 6 rings (SSSR count). The van der Waals surface area contributed by atoms with E-state index in [1.165, 1.54) is 11.1 Å². The van der Waals surface area contributed by atoms with Crippen molar-refractivity contribution in [1.82, 2.24) is 10.2 Å². The summed E-state index contributed by atoms with van der Waals surface area (Å²) in [6.07, 6.45) is 2.52. The molecule has 3 fully saturated rings. The van der Waals surface area contributed by atoms with Gasteiger partial charge in [-0.3, -0.25) is 9.69 Å². The van der Waals surface area contributed by atoms with Crippen molar-refractivity contribution < 1.29 is 19.2 Å². The third kappa shape index (κ3) is 5.27. The molecule has 0 amide bonds. The molecule has 3 aliphatic rings. The van der Waals surface area contributed by atoms with Crippen molar-refractivity contribution in [3.05, 3.63) is 95.6 Å². The van der Waals surface area contributed by atoms with E-state index in [1.807, 2.05) is 30.3 Å². The number of fused-ring (bicyclic) bond motifs is 3. The van der Waals surface area contributed by atoms with Gasteiger partial charge in [0.25, 0.3) is 0 Å². The van der Waals surface area contributed by atoms with Crippen LogP contribution in [-0.2, 0) is 22.5 Å². The Balaban J connectivity index is 1.54. The summed E-state index contributed by atoms with van der Waals surface area (Å²) in [7, 11) is 1.64. The van der Waals surface area contributed by atoms with E-state index in [1.54, 1.807) is 13.4 Å². The zero-order valence-corrected chi connectivity index (χ0v) is 22.1. The largest absolute Gasteiger partial charge is 0.612 e. The Hall–Kier alpha value is -2.84. The van der Waals surface area contributed by atoms with Crippen LogP contribution in [0.3, 0.4) is 0 Å². The third-order valence-electron chi connectivity index (χ3n) is 8.04.